The molecule has 3 fully saturated rings. The van der Waals surface area contributed by atoms with Crippen LogP contribution in [0.1, 0.15) is 24.3 Å². The number of rotatable bonds is 5. The van der Waals surface area contributed by atoms with E-state index in [4.69, 9.17) is 0 Å². The number of nitro benzene ring substituents is 2. The van der Waals surface area contributed by atoms with Gasteiger partial charge in [0.15, 0.2) is 0 Å². The maximum atomic E-state index is 14.1. The fourth-order valence-corrected chi connectivity index (χ4v) is 7.60. The standard InChI is InChI=1S/C32H24N4O9/c37-21-11-1-16(2-12-21)26-22-13-14-23-27(31(40)33(29(23)38)17-3-7-19(8-4-17)35(42)43)24(22)15-25-28(26)32(41)34(30(25)39)18-5-9-20(10-6-18)36(44)45/h1-13,23-28,37H,14-15H2. The van der Waals surface area contributed by atoms with Gasteiger partial charge >= 0.3 is 0 Å². The topological polar surface area (TPSA) is 181 Å². The van der Waals surface area contributed by atoms with E-state index < -0.39 is 69.0 Å². The summed E-state index contributed by atoms with van der Waals surface area (Å²) in [6.45, 7) is 0. The van der Waals surface area contributed by atoms with Crippen LogP contribution in [-0.4, -0.2) is 38.6 Å². The quantitative estimate of drug-likeness (QED) is 0.192. The zero-order valence-corrected chi connectivity index (χ0v) is 23.4. The third-order valence-electron chi connectivity index (χ3n) is 9.54. The largest absolute Gasteiger partial charge is 0.508 e. The number of imide groups is 2. The van der Waals surface area contributed by atoms with Crippen LogP contribution in [0.15, 0.2) is 84.4 Å². The Hall–Kier alpha value is -5.72. The van der Waals surface area contributed by atoms with E-state index in [0.29, 0.717) is 5.56 Å². The van der Waals surface area contributed by atoms with Gasteiger partial charge in [-0.3, -0.25) is 49.2 Å². The summed E-state index contributed by atoms with van der Waals surface area (Å²) in [5, 5.41) is 32.3. The molecule has 7 rings (SSSR count). The van der Waals surface area contributed by atoms with E-state index in [0.717, 1.165) is 15.4 Å². The van der Waals surface area contributed by atoms with E-state index in [-0.39, 0.29) is 41.3 Å². The second-order valence-corrected chi connectivity index (χ2v) is 11.7. The highest BCUT2D eigenvalue weighted by molar-refractivity contribution is 6.24. The Morgan fingerprint density at radius 1 is 0.622 bits per heavy atom. The normalized spacial score (nSPS) is 27.2. The summed E-state index contributed by atoms with van der Waals surface area (Å²) in [5.74, 6) is -6.26. The number of phenols is 1. The van der Waals surface area contributed by atoms with Crippen LogP contribution < -0.4 is 9.80 Å². The van der Waals surface area contributed by atoms with E-state index >= 15 is 0 Å². The lowest BCUT2D eigenvalue weighted by Gasteiger charge is -2.44. The van der Waals surface area contributed by atoms with Crippen molar-refractivity contribution in [1.29, 1.82) is 0 Å². The molecule has 4 amide bonds. The molecule has 2 saturated heterocycles. The van der Waals surface area contributed by atoms with Crippen molar-refractivity contribution in [2.75, 3.05) is 9.80 Å². The average molecular weight is 609 g/mol. The number of benzene rings is 3. The molecule has 0 aromatic heterocycles. The van der Waals surface area contributed by atoms with Crippen molar-refractivity contribution in [2.24, 2.45) is 29.6 Å². The lowest BCUT2D eigenvalue weighted by Crippen LogP contribution is -2.43. The van der Waals surface area contributed by atoms with Gasteiger partial charge in [-0.15, -0.1) is 0 Å². The molecular weight excluding hydrogens is 584 g/mol. The fraction of sp³-hybridized carbons (Fsp3) is 0.250. The molecule has 4 aliphatic rings. The van der Waals surface area contributed by atoms with Gasteiger partial charge in [0.25, 0.3) is 11.4 Å². The first kappa shape index (κ1) is 28.1. The highest BCUT2D eigenvalue weighted by Gasteiger charge is 2.62. The van der Waals surface area contributed by atoms with E-state index in [1.807, 2.05) is 6.08 Å². The third-order valence-corrected chi connectivity index (χ3v) is 9.54. The van der Waals surface area contributed by atoms with Crippen molar-refractivity contribution in [3.8, 4) is 5.75 Å². The molecule has 0 spiro atoms. The van der Waals surface area contributed by atoms with Crippen LogP contribution in [0.3, 0.4) is 0 Å². The van der Waals surface area contributed by atoms with Crippen molar-refractivity contribution < 1.29 is 34.1 Å². The Labute approximate surface area is 254 Å². The molecule has 2 aliphatic heterocycles. The summed E-state index contributed by atoms with van der Waals surface area (Å²) in [4.78, 5) is 79.0. The van der Waals surface area contributed by atoms with Gasteiger partial charge in [0.05, 0.1) is 44.9 Å². The third kappa shape index (κ3) is 4.22. The molecule has 45 heavy (non-hydrogen) atoms. The van der Waals surface area contributed by atoms with Crippen molar-refractivity contribution >= 4 is 46.4 Å². The summed E-state index contributed by atoms with van der Waals surface area (Å²) < 4.78 is 0. The maximum absolute atomic E-state index is 14.1. The lowest BCUT2D eigenvalue weighted by molar-refractivity contribution is -0.385. The summed E-state index contributed by atoms with van der Waals surface area (Å²) in [6.07, 6.45) is 2.24. The lowest BCUT2D eigenvalue weighted by atomic mass is 9.57. The molecule has 1 N–H and O–H groups in total. The van der Waals surface area contributed by atoms with Crippen LogP contribution in [0.5, 0.6) is 5.75 Å². The summed E-state index contributed by atoms with van der Waals surface area (Å²) >= 11 is 0. The molecule has 1 saturated carbocycles. The number of amides is 4. The van der Waals surface area contributed by atoms with Gasteiger partial charge in [-0.25, -0.2) is 0 Å². The van der Waals surface area contributed by atoms with Crippen LogP contribution in [0.4, 0.5) is 22.7 Å². The number of anilines is 2. The minimum absolute atomic E-state index is 0.0111. The summed E-state index contributed by atoms with van der Waals surface area (Å²) in [5.41, 5.74) is 1.46. The van der Waals surface area contributed by atoms with Crippen LogP contribution in [0, 0.1) is 49.8 Å². The Morgan fingerprint density at radius 3 is 1.62 bits per heavy atom. The number of carbonyl (C=O) groups is 4. The molecule has 2 heterocycles. The van der Waals surface area contributed by atoms with Crippen molar-refractivity contribution in [2.45, 2.75) is 18.8 Å². The number of carbonyl (C=O) groups excluding carboxylic acids is 4. The average Bonchev–Trinajstić information content (AvgIpc) is 3.44. The fourth-order valence-electron chi connectivity index (χ4n) is 7.60. The second kappa shape index (κ2) is 10.2. The highest BCUT2D eigenvalue weighted by atomic mass is 16.6. The van der Waals surface area contributed by atoms with Crippen molar-refractivity contribution in [3.63, 3.8) is 0 Å². The number of nitrogens with zero attached hydrogens (tertiary/aromatic N) is 4. The first-order chi connectivity index (χ1) is 21.6. The number of allylic oxidation sites excluding steroid dienone is 2. The minimum Gasteiger partial charge on any atom is -0.508 e. The molecule has 13 heteroatoms. The molecule has 6 atom stereocenters. The highest BCUT2D eigenvalue weighted by Crippen LogP contribution is 2.58. The van der Waals surface area contributed by atoms with Crippen LogP contribution in [-0.2, 0) is 19.2 Å². The molecule has 0 radical (unpaired) electrons. The van der Waals surface area contributed by atoms with Gasteiger partial charge in [-0.1, -0.05) is 23.8 Å². The molecule has 3 aromatic carbocycles. The molecule has 226 valence electrons. The zero-order valence-electron chi connectivity index (χ0n) is 23.4. The van der Waals surface area contributed by atoms with Crippen molar-refractivity contribution in [1.82, 2.24) is 0 Å². The van der Waals surface area contributed by atoms with Gasteiger partial charge in [0, 0.05) is 30.2 Å². The number of phenolic OH excluding ortho intramolecular Hbond substituents is 1. The number of aromatic hydroxyl groups is 1. The zero-order chi connectivity index (χ0) is 31.7. The van der Waals surface area contributed by atoms with E-state index in [1.165, 1.54) is 60.7 Å². The predicted molar refractivity (Wildman–Crippen MR) is 157 cm³/mol. The van der Waals surface area contributed by atoms with Gasteiger partial charge in [0.1, 0.15) is 5.75 Å². The van der Waals surface area contributed by atoms with Crippen LogP contribution >= 0.6 is 0 Å². The Kier molecular flexibility index (Phi) is 6.35. The summed E-state index contributed by atoms with van der Waals surface area (Å²) in [6, 6.07) is 16.6. The van der Waals surface area contributed by atoms with Crippen LogP contribution in [0.25, 0.3) is 0 Å². The molecule has 3 aromatic rings. The number of fused-ring (bicyclic) bond motifs is 4. The molecule has 6 unspecified atom stereocenters. The smallest absolute Gasteiger partial charge is 0.269 e. The molecular formula is C32H24N4O9. The number of hydrogen-bond donors (Lipinski definition) is 1. The van der Waals surface area contributed by atoms with Gasteiger partial charge in [-0.05, 0) is 60.7 Å². The maximum Gasteiger partial charge on any atom is 0.269 e. The predicted octanol–water partition coefficient (Wildman–Crippen LogP) is 4.25. The van der Waals surface area contributed by atoms with Crippen molar-refractivity contribution in [3.05, 3.63) is 110 Å². The minimum atomic E-state index is -0.844. The van der Waals surface area contributed by atoms with Crippen LogP contribution in [0.2, 0.25) is 0 Å². The first-order valence-corrected chi connectivity index (χ1v) is 14.3. The Morgan fingerprint density at radius 2 is 1.11 bits per heavy atom. The SMILES string of the molecule is O=C1C2CC=C3C(CC4C(=O)N(c5ccc([N+](=O)[O-])cc5)C(=O)C4C3c3ccc(O)cc3)C2C(=O)N1c1ccc([N+](=O)[O-])cc1. The Bertz CT molecular complexity index is 1840. The van der Waals surface area contributed by atoms with Gasteiger partial charge in [-0.2, -0.15) is 0 Å². The molecule has 0 bridgehead atoms. The monoisotopic (exact) mass is 608 g/mol. The van der Waals surface area contributed by atoms with E-state index in [2.05, 4.69) is 0 Å². The molecule has 13 nitrogen and oxygen atoms in total. The van der Waals surface area contributed by atoms with E-state index in [9.17, 15) is 44.5 Å². The number of nitro groups is 2. The van der Waals surface area contributed by atoms with Gasteiger partial charge in [0.2, 0.25) is 23.6 Å². The second-order valence-electron chi connectivity index (χ2n) is 11.7. The molecule has 2 aliphatic carbocycles. The van der Waals surface area contributed by atoms with E-state index in [1.54, 1.807) is 12.1 Å². The van der Waals surface area contributed by atoms with Gasteiger partial charge < -0.3 is 5.11 Å². The number of non-ortho nitro benzene ring substituents is 2. The Balaban J connectivity index is 1.29. The first-order valence-electron chi connectivity index (χ1n) is 14.3. The number of hydrogen-bond acceptors (Lipinski definition) is 9. The summed E-state index contributed by atoms with van der Waals surface area (Å²) in [7, 11) is 0.